The summed E-state index contributed by atoms with van der Waals surface area (Å²) in [4.78, 5) is 1.42. The van der Waals surface area contributed by atoms with Gasteiger partial charge in [-0.25, -0.2) is 0 Å². The van der Waals surface area contributed by atoms with Gasteiger partial charge in [0.25, 0.3) is 0 Å². The third-order valence-electron chi connectivity index (χ3n) is 2.12. The lowest BCUT2D eigenvalue weighted by Gasteiger charge is -2.18. The first kappa shape index (κ1) is 13.2. The van der Waals surface area contributed by atoms with Crippen molar-refractivity contribution in [3.8, 4) is 0 Å². The van der Waals surface area contributed by atoms with Gasteiger partial charge in [0.1, 0.15) is 0 Å². The van der Waals surface area contributed by atoms with Crippen LogP contribution in [0.25, 0.3) is 0 Å². The van der Waals surface area contributed by atoms with Gasteiger partial charge in [-0.15, -0.1) is 11.3 Å². The predicted octanol–water partition coefficient (Wildman–Crippen LogP) is 2.77. The molecule has 0 aromatic carbocycles. The zero-order chi connectivity index (χ0) is 11.3. The van der Waals surface area contributed by atoms with Crippen LogP contribution in [-0.4, -0.2) is 18.6 Å². The molecule has 0 spiro atoms. The molecule has 0 aliphatic heterocycles. The van der Waals surface area contributed by atoms with E-state index >= 15 is 0 Å². The van der Waals surface area contributed by atoms with Crippen LogP contribution in [0.5, 0.6) is 0 Å². The molecule has 0 unspecified atom stereocenters. The lowest BCUT2D eigenvalue weighted by atomic mass is 10.0. The summed E-state index contributed by atoms with van der Waals surface area (Å²) < 4.78 is 1.19. The van der Waals surface area contributed by atoms with Crippen LogP contribution in [0.2, 0.25) is 0 Å². The van der Waals surface area contributed by atoms with Gasteiger partial charge in [-0.05, 0) is 61.8 Å². The summed E-state index contributed by atoms with van der Waals surface area (Å²) >= 11 is 5.26. The fraction of sp³-hybridized carbons (Fsp3) is 0.636. The van der Waals surface area contributed by atoms with Crippen LogP contribution in [0.3, 0.4) is 0 Å². The first-order valence-corrected chi connectivity index (χ1v) is 6.87. The minimum Gasteiger partial charge on any atom is -0.326 e. The fourth-order valence-electron chi connectivity index (χ4n) is 1.23. The van der Waals surface area contributed by atoms with Gasteiger partial charge in [0.05, 0.1) is 0 Å². The highest BCUT2D eigenvalue weighted by molar-refractivity contribution is 9.10. The van der Waals surface area contributed by atoms with Crippen LogP contribution in [0.4, 0.5) is 0 Å². The highest BCUT2D eigenvalue weighted by atomic mass is 79.9. The first-order chi connectivity index (χ1) is 6.97. The van der Waals surface area contributed by atoms with Crippen LogP contribution in [-0.2, 0) is 6.42 Å². The minimum absolute atomic E-state index is 0.0566. The molecule has 1 aromatic heterocycles. The average molecular weight is 291 g/mol. The Hall–Kier alpha value is 0.1000. The summed E-state index contributed by atoms with van der Waals surface area (Å²) in [5.41, 5.74) is 5.83. The third kappa shape index (κ3) is 6.30. The number of nitrogens with two attached hydrogens (primary N) is 1. The van der Waals surface area contributed by atoms with Gasteiger partial charge in [0, 0.05) is 20.3 Å². The maximum atomic E-state index is 5.89. The number of rotatable bonds is 6. The van der Waals surface area contributed by atoms with E-state index in [1.807, 2.05) is 0 Å². The lowest BCUT2D eigenvalue weighted by Crippen LogP contribution is -2.36. The second-order valence-corrected chi connectivity index (χ2v) is 6.38. The Bertz CT molecular complexity index is 291. The summed E-state index contributed by atoms with van der Waals surface area (Å²) in [5, 5.41) is 5.53. The van der Waals surface area contributed by atoms with Crippen LogP contribution in [0.1, 0.15) is 25.1 Å². The maximum Gasteiger partial charge on any atom is 0.0285 e. The Morgan fingerprint density at radius 2 is 2.20 bits per heavy atom. The summed E-state index contributed by atoms with van der Waals surface area (Å²) in [5.74, 6) is 0. The second kappa shape index (κ2) is 5.99. The predicted molar refractivity (Wildman–Crippen MR) is 71.5 cm³/mol. The molecule has 4 heteroatoms. The summed E-state index contributed by atoms with van der Waals surface area (Å²) in [7, 11) is 0. The van der Waals surface area contributed by atoms with Crippen molar-refractivity contribution >= 4 is 27.3 Å². The number of halogens is 1. The van der Waals surface area contributed by atoms with E-state index in [9.17, 15) is 0 Å². The van der Waals surface area contributed by atoms with Crippen LogP contribution in [0, 0.1) is 0 Å². The van der Waals surface area contributed by atoms with Gasteiger partial charge in [-0.3, -0.25) is 0 Å². The van der Waals surface area contributed by atoms with Gasteiger partial charge in [-0.2, -0.15) is 0 Å². The summed E-state index contributed by atoms with van der Waals surface area (Å²) in [6.07, 6.45) is 2.11. The molecule has 0 bridgehead atoms. The Morgan fingerprint density at radius 3 is 2.73 bits per heavy atom. The van der Waals surface area contributed by atoms with Gasteiger partial charge >= 0.3 is 0 Å². The molecule has 0 aliphatic rings. The topological polar surface area (TPSA) is 38.0 Å². The number of hydrogen-bond acceptors (Lipinski definition) is 3. The van der Waals surface area contributed by atoms with Crippen molar-refractivity contribution < 1.29 is 0 Å². The molecule has 0 aliphatic carbocycles. The largest absolute Gasteiger partial charge is 0.326 e. The fourth-order valence-corrected chi connectivity index (χ4v) is 2.69. The molecule has 0 atom stereocenters. The molecular formula is C11H19BrN2S. The highest BCUT2D eigenvalue weighted by Crippen LogP contribution is 2.19. The smallest absolute Gasteiger partial charge is 0.0285 e. The number of hydrogen-bond donors (Lipinski definition) is 2. The molecule has 0 radical (unpaired) electrons. The van der Waals surface area contributed by atoms with Gasteiger partial charge in [0.2, 0.25) is 0 Å². The molecule has 1 aromatic rings. The van der Waals surface area contributed by atoms with Crippen molar-refractivity contribution in [2.75, 3.05) is 13.1 Å². The van der Waals surface area contributed by atoms with E-state index in [2.05, 4.69) is 46.5 Å². The molecule has 2 nitrogen and oxygen atoms in total. The molecule has 3 N–H and O–H groups in total. The Labute approximate surface area is 104 Å². The molecule has 0 fully saturated rings. The van der Waals surface area contributed by atoms with Gasteiger partial charge in [-0.1, -0.05) is 0 Å². The molecular weight excluding hydrogens is 272 g/mol. The first-order valence-electron chi connectivity index (χ1n) is 5.20. The van der Waals surface area contributed by atoms with Crippen LogP contribution >= 0.6 is 27.3 Å². The van der Waals surface area contributed by atoms with Crippen molar-refractivity contribution in [2.24, 2.45) is 5.73 Å². The van der Waals surface area contributed by atoms with Gasteiger partial charge < -0.3 is 11.1 Å². The Morgan fingerprint density at radius 1 is 1.47 bits per heavy atom. The molecule has 0 saturated heterocycles. The monoisotopic (exact) mass is 290 g/mol. The maximum absolute atomic E-state index is 5.89. The quantitative estimate of drug-likeness (QED) is 0.791. The summed E-state index contributed by atoms with van der Waals surface area (Å²) in [6, 6.07) is 2.18. The van der Waals surface area contributed by atoms with Crippen molar-refractivity contribution in [1.82, 2.24) is 5.32 Å². The number of nitrogens with one attached hydrogen (secondary N) is 1. The van der Waals surface area contributed by atoms with Crippen LogP contribution in [0.15, 0.2) is 15.9 Å². The van der Waals surface area contributed by atoms with Crippen molar-refractivity contribution in [3.05, 3.63) is 20.8 Å². The van der Waals surface area contributed by atoms with Crippen molar-refractivity contribution in [2.45, 2.75) is 32.2 Å². The Kier molecular flexibility index (Phi) is 5.26. The van der Waals surface area contributed by atoms with Gasteiger partial charge in [0.15, 0.2) is 0 Å². The van der Waals surface area contributed by atoms with E-state index in [4.69, 9.17) is 5.73 Å². The SMILES string of the molecule is CC(C)(N)CCNCCc1cc(Br)cs1. The van der Waals surface area contributed by atoms with E-state index in [0.717, 1.165) is 25.9 Å². The molecule has 0 amide bonds. The molecule has 86 valence electrons. The van der Waals surface area contributed by atoms with Crippen molar-refractivity contribution in [3.63, 3.8) is 0 Å². The zero-order valence-electron chi connectivity index (χ0n) is 9.35. The van der Waals surface area contributed by atoms with Crippen LogP contribution < -0.4 is 11.1 Å². The second-order valence-electron chi connectivity index (χ2n) is 4.47. The minimum atomic E-state index is -0.0566. The molecule has 15 heavy (non-hydrogen) atoms. The molecule has 0 saturated carbocycles. The lowest BCUT2D eigenvalue weighted by molar-refractivity contribution is 0.456. The Balaban J connectivity index is 2.07. The zero-order valence-corrected chi connectivity index (χ0v) is 11.7. The van der Waals surface area contributed by atoms with E-state index < -0.39 is 0 Å². The van der Waals surface area contributed by atoms with E-state index in [0.29, 0.717) is 0 Å². The average Bonchev–Trinajstić information content (AvgIpc) is 2.49. The molecule has 1 heterocycles. The summed E-state index contributed by atoms with van der Waals surface area (Å²) in [6.45, 7) is 6.15. The van der Waals surface area contributed by atoms with Crippen molar-refractivity contribution in [1.29, 1.82) is 0 Å². The molecule has 1 rings (SSSR count). The highest BCUT2D eigenvalue weighted by Gasteiger charge is 2.08. The standard InChI is InChI=1S/C11H19BrN2S/c1-11(2,13)4-6-14-5-3-10-7-9(12)8-15-10/h7-8,14H,3-6,13H2,1-2H3. The third-order valence-corrected chi connectivity index (χ3v) is 3.87. The van der Waals surface area contributed by atoms with E-state index in [-0.39, 0.29) is 5.54 Å². The van der Waals surface area contributed by atoms with E-state index in [1.165, 1.54) is 9.35 Å². The van der Waals surface area contributed by atoms with E-state index in [1.54, 1.807) is 11.3 Å². The normalized spacial score (nSPS) is 12.0. The number of thiophene rings is 1.